The fourth-order valence-corrected chi connectivity index (χ4v) is 2.47. The molecule has 0 unspecified atom stereocenters. The first-order valence-electron chi connectivity index (χ1n) is 9.59. The van der Waals surface area contributed by atoms with E-state index in [1.54, 1.807) is 0 Å². The standard InChI is InChI=1S/C17H34O6.H3O4P/c1-2-3-4-5-6-7-8-9-10-11-13(19)15(21)17(23)16(22)14(20)12-18;1-5(2,3)4/h14-18,20-23H,2-12H2,1H3;(H3,1,2,3,4)/t14-,15+,16-,17-;/m1./s1. The molecule has 10 nitrogen and oxygen atoms in total. The molecule has 4 atom stereocenters. The van der Waals surface area contributed by atoms with Crippen LogP contribution in [0.2, 0.25) is 0 Å². The van der Waals surface area contributed by atoms with Gasteiger partial charge in [0.25, 0.3) is 0 Å². The molecule has 0 saturated heterocycles. The zero-order valence-corrected chi connectivity index (χ0v) is 17.3. The molecule has 0 aliphatic rings. The van der Waals surface area contributed by atoms with Crippen molar-refractivity contribution in [3.05, 3.63) is 0 Å². The lowest BCUT2D eigenvalue weighted by molar-refractivity contribution is -0.147. The smallest absolute Gasteiger partial charge is 0.394 e. The second kappa shape index (κ2) is 17.4. The van der Waals surface area contributed by atoms with Crippen LogP contribution < -0.4 is 0 Å². The van der Waals surface area contributed by atoms with Crippen LogP contribution >= 0.6 is 7.82 Å². The molecule has 0 heterocycles. The quantitative estimate of drug-likeness (QED) is 0.129. The maximum absolute atomic E-state index is 11.7. The summed E-state index contributed by atoms with van der Waals surface area (Å²) in [6.45, 7) is 1.43. The molecule has 0 fully saturated rings. The Balaban J connectivity index is 0. The molecule has 11 heteroatoms. The van der Waals surface area contributed by atoms with Gasteiger partial charge in [-0.2, -0.15) is 0 Å². The molecule has 28 heavy (non-hydrogen) atoms. The third-order valence-corrected chi connectivity index (χ3v) is 4.11. The first-order valence-corrected chi connectivity index (χ1v) is 11.2. The van der Waals surface area contributed by atoms with Crippen molar-refractivity contribution in [3.63, 3.8) is 0 Å². The SMILES string of the molecule is CCCCCCCCCCCC(=O)[C@H](O)[C@@H](O)[C@H](O)[C@H](O)CO.O=P(O)(O)O. The van der Waals surface area contributed by atoms with Crippen molar-refractivity contribution >= 4 is 13.6 Å². The Labute approximate surface area is 166 Å². The number of aliphatic hydroxyl groups is 5. The molecule has 0 rings (SSSR count). The van der Waals surface area contributed by atoms with Crippen molar-refractivity contribution < 1.29 is 49.6 Å². The van der Waals surface area contributed by atoms with E-state index < -0.39 is 44.6 Å². The first-order chi connectivity index (χ1) is 13.0. The number of Topliss-reactive ketones (excluding diaryl/α,β-unsaturated/α-hetero) is 1. The molecule has 0 spiro atoms. The minimum Gasteiger partial charge on any atom is -0.394 e. The molecule has 0 bridgehead atoms. The summed E-state index contributed by atoms with van der Waals surface area (Å²) in [6, 6.07) is 0. The van der Waals surface area contributed by atoms with Crippen LogP contribution in [0.15, 0.2) is 0 Å². The molecule has 0 aromatic rings. The number of unbranched alkanes of at least 4 members (excludes halogenated alkanes) is 8. The van der Waals surface area contributed by atoms with Crippen LogP contribution in [-0.4, -0.2) is 77.0 Å². The van der Waals surface area contributed by atoms with E-state index in [1.807, 2.05) is 0 Å². The third-order valence-electron chi connectivity index (χ3n) is 4.11. The van der Waals surface area contributed by atoms with E-state index in [9.17, 15) is 25.2 Å². The second-order valence-electron chi connectivity index (χ2n) is 6.73. The third kappa shape index (κ3) is 18.9. The predicted octanol–water partition coefficient (Wildman–Crippen LogP) is -0.0163. The summed E-state index contributed by atoms with van der Waals surface area (Å²) < 4.78 is 8.88. The highest BCUT2D eigenvalue weighted by Gasteiger charge is 2.33. The Hall–Kier alpha value is -0.420. The zero-order valence-electron chi connectivity index (χ0n) is 16.4. The largest absolute Gasteiger partial charge is 0.466 e. The van der Waals surface area contributed by atoms with E-state index in [0.29, 0.717) is 6.42 Å². The molecule has 0 aliphatic heterocycles. The molecule has 0 amide bonds. The second-order valence-corrected chi connectivity index (χ2v) is 7.76. The summed E-state index contributed by atoms with van der Waals surface area (Å²) in [5.74, 6) is -0.551. The average Bonchev–Trinajstić information content (AvgIpc) is 2.62. The Kier molecular flexibility index (Phi) is 18.5. The van der Waals surface area contributed by atoms with Crippen molar-refractivity contribution in [2.75, 3.05) is 6.61 Å². The molecule has 0 saturated carbocycles. The van der Waals surface area contributed by atoms with Crippen LogP contribution in [0, 0.1) is 0 Å². The Morgan fingerprint density at radius 1 is 0.786 bits per heavy atom. The number of hydrogen-bond donors (Lipinski definition) is 8. The Bertz CT molecular complexity index is 420. The summed E-state index contributed by atoms with van der Waals surface area (Å²) in [5, 5.41) is 46.6. The van der Waals surface area contributed by atoms with Crippen molar-refractivity contribution in [2.24, 2.45) is 0 Å². The minimum atomic E-state index is -4.64. The van der Waals surface area contributed by atoms with Gasteiger partial charge in [0.1, 0.15) is 24.4 Å². The van der Waals surface area contributed by atoms with Crippen LogP contribution in [0.25, 0.3) is 0 Å². The van der Waals surface area contributed by atoms with Crippen LogP contribution in [-0.2, 0) is 9.36 Å². The fraction of sp³-hybridized carbons (Fsp3) is 0.941. The van der Waals surface area contributed by atoms with E-state index in [0.717, 1.165) is 19.3 Å². The van der Waals surface area contributed by atoms with Crippen molar-refractivity contribution in [1.29, 1.82) is 0 Å². The average molecular weight is 432 g/mol. The van der Waals surface area contributed by atoms with E-state index in [4.69, 9.17) is 24.4 Å². The summed E-state index contributed by atoms with van der Waals surface area (Å²) in [4.78, 5) is 33.3. The number of hydrogen-bond acceptors (Lipinski definition) is 7. The first kappa shape index (κ1) is 29.8. The summed E-state index contributed by atoms with van der Waals surface area (Å²) in [7, 11) is -4.64. The van der Waals surface area contributed by atoms with Crippen LogP contribution in [0.1, 0.15) is 71.1 Å². The molecule has 0 radical (unpaired) electrons. The van der Waals surface area contributed by atoms with Crippen LogP contribution in [0.3, 0.4) is 0 Å². The fourth-order valence-electron chi connectivity index (χ4n) is 2.47. The molecular weight excluding hydrogens is 395 g/mol. The van der Waals surface area contributed by atoms with Gasteiger partial charge >= 0.3 is 7.82 Å². The van der Waals surface area contributed by atoms with Gasteiger partial charge in [-0.05, 0) is 6.42 Å². The van der Waals surface area contributed by atoms with E-state index in [1.165, 1.54) is 32.1 Å². The Morgan fingerprint density at radius 3 is 1.57 bits per heavy atom. The number of rotatable bonds is 15. The van der Waals surface area contributed by atoms with Crippen molar-refractivity contribution in [1.82, 2.24) is 0 Å². The summed E-state index contributed by atoms with van der Waals surface area (Å²) in [6.07, 6.45) is 3.26. The highest BCUT2D eigenvalue weighted by Crippen LogP contribution is 2.25. The zero-order chi connectivity index (χ0) is 22.2. The van der Waals surface area contributed by atoms with E-state index in [-0.39, 0.29) is 6.42 Å². The van der Waals surface area contributed by atoms with Crippen molar-refractivity contribution in [2.45, 2.75) is 95.5 Å². The van der Waals surface area contributed by atoms with Gasteiger partial charge in [-0.15, -0.1) is 0 Å². The normalized spacial score (nSPS) is 15.9. The lowest BCUT2D eigenvalue weighted by atomic mass is 9.97. The van der Waals surface area contributed by atoms with Gasteiger partial charge in [-0.1, -0.05) is 58.3 Å². The molecule has 0 aromatic heterocycles. The summed E-state index contributed by atoms with van der Waals surface area (Å²) >= 11 is 0. The van der Waals surface area contributed by atoms with Gasteiger partial charge in [0.15, 0.2) is 5.78 Å². The number of carbonyl (C=O) groups excluding carboxylic acids is 1. The van der Waals surface area contributed by atoms with Gasteiger partial charge in [0.05, 0.1) is 6.61 Å². The highest BCUT2D eigenvalue weighted by atomic mass is 31.2. The number of aliphatic hydroxyl groups excluding tert-OH is 5. The van der Waals surface area contributed by atoms with Gasteiger partial charge in [-0.25, -0.2) is 4.57 Å². The van der Waals surface area contributed by atoms with E-state index >= 15 is 0 Å². The van der Waals surface area contributed by atoms with E-state index in [2.05, 4.69) is 6.92 Å². The maximum atomic E-state index is 11.7. The molecule has 0 aliphatic carbocycles. The Morgan fingerprint density at radius 2 is 1.18 bits per heavy atom. The molecule has 170 valence electrons. The lowest BCUT2D eigenvalue weighted by Gasteiger charge is -2.24. The number of carbonyl (C=O) groups is 1. The van der Waals surface area contributed by atoms with Crippen LogP contribution in [0.5, 0.6) is 0 Å². The van der Waals surface area contributed by atoms with Gasteiger partial charge in [-0.3, -0.25) is 4.79 Å². The molecule has 8 N–H and O–H groups in total. The highest BCUT2D eigenvalue weighted by molar-refractivity contribution is 7.45. The van der Waals surface area contributed by atoms with Gasteiger partial charge < -0.3 is 40.2 Å². The molecular formula is C17H37O10P. The lowest BCUT2D eigenvalue weighted by Crippen LogP contribution is -2.48. The summed E-state index contributed by atoms with van der Waals surface area (Å²) in [5.41, 5.74) is 0. The van der Waals surface area contributed by atoms with Crippen molar-refractivity contribution in [3.8, 4) is 0 Å². The van der Waals surface area contributed by atoms with Crippen LogP contribution in [0.4, 0.5) is 0 Å². The van der Waals surface area contributed by atoms with Gasteiger partial charge in [0.2, 0.25) is 0 Å². The predicted molar refractivity (Wildman–Crippen MR) is 102 cm³/mol. The molecule has 0 aromatic carbocycles. The monoisotopic (exact) mass is 432 g/mol. The maximum Gasteiger partial charge on any atom is 0.466 e. The number of ketones is 1. The topological polar surface area (TPSA) is 196 Å². The minimum absolute atomic E-state index is 0.135. The van der Waals surface area contributed by atoms with Gasteiger partial charge in [0, 0.05) is 6.42 Å². The number of phosphoric acid groups is 1.